The van der Waals surface area contributed by atoms with Crippen LogP contribution in [0.2, 0.25) is 0 Å². The minimum Gasteiger partial charge on any atom is -0.508 e. The van der Waals surface area contributed by atoms with E-state index in [1.165, 1.54) is 0 Å². The summed E-state index contributed by atoms with van der Waals surface area (Å²) in [5.74, 6) is 0.655. The van der Waals surface area contributed by atoms with E-state index in [0.29, 0.717) is 6.54 Å². The zero-order valence-electron chi connectivity index (χ0n) is 11.0. The summed E-state index contributed by atoms with van der Waals surface area (Å²) in [4.78, 5) is 16.2. The van der Waals surface area contributed by atoms with E-state index >= 15 is 0 Å². The number of nitrogens with zero attached hydrogens (tertiary/aromatic N) is 1. The number of phenolic OH excluding ortho intramolecular Hbond substituents is 1. The lowest BCUT2D eigenvalue weighted by Gasteiger charge is -2.04. The molecule has 0 radical (unpaired) electrons. The molecule has 1 amide bonds. The third kappa shape index (κ3) is 2.79. The van der Waals surface area contributed by atoms with Gasteiger partial charge in [-0.3, -0.25) is 9.78 Å². The molecule has 2 unspecified atom stereocenters. The molecule has 1 aliphatic carbocycles. The van der Waals surface area contributed by atoms with Gasteiger partial charge in [0.1, 0.15) is 5.75 Å². The number of benzene rings is 1. The molecule has 20 heavy (non-hydrogen) atoms. The van der Waals surface area contributed by atoms with E-state index in [0.717, 1.165) is 17.7 Å². The molecule has 2 aromatic rings. The number of aromatic hydroxyl groups is 1. The molecule has 2 atom stereocenters. The second kappa shape index (κ2) is 5.33. The highest BCUT2D eigenvalue weighted by Gasteiger charge is 2.43. The molecule has 0 saturated heterocycles. The van der Waals surface area contributed by atoms with Crippen molar-refractivity contribution in [2.45, 2.75) is 18.9 Å². The van der Waals surface area contributed by atoms with Gasteiger partial charge in [0.2, 0.25) is 5.91 Å². The summed E-state index contributed by atoms with van der Waals surface area (Å²) in [5, 5.41) is 12.2. The van der Waals surface area contributed by atoms with Crippen LogP contribution in [0.15, 0.2) is 48.7 Å². The van der Waals surface area contributed by atoms with Gasteiger partial charge in [-0.15, -0.1) is 0 Å². The van der Waals surface area contributed by atoms with Crippen molar-refractivity contribution in [3.63, 3.8) is 0 Å². The van der Waals surface area contributed by atoms with Crippen molar-refractivity contribution in [2.24, 2.45) is 5.92 Å². The molecule has 0 bridgehead atoms. The summed E-state index contributed by atoms with van der Waals surface area (Å²) in [6.07, 6.45) is 2.59. The van der Waals surface area contributed by atoms with Crippen molar-refractivity contribution in [1.29, 1.82) is 0 Å². The molecule has 1 aromatic carbocycles. The molecule has 102 valence electrons. The fourth-order valence-corrected chi connectivity index (χ4v) is 2.39. The van der Waals surface area contributed by atoms with E-state index < -0.39 is 0 Å². The summed E-state index contributed by atoms with van der Waals surface area (Å²) in [6.45, 7) is 0.471. The van der Waals surface area contributed by atoms with Gasteiger partial charge in [0, 0.05) is 12.1 Å². The first kappa shape index (κ1) is 12.7. The van der Waals surface area contributed by atoms with Crippen LogP contribution < -0.4 is 5.32 Å². The maximum absolute atomic E-state index is 12.0. The van der Waals surface area contributed by atoms with Crippen LogP contribution in [-0.2, 0) is 11.3 Å². The highest BCUT2D eigenvalue weighted by molar-refractivity contribution is 5.82. The van der Waals surface area contributed by atoms with Crippen LogP contribution >= 0.6 is 0 Å². The average Bonchev–Trinajstić information content (AvgIpc) is 3.27. The van der Waals surface area contributed by atoms with E-state index in [1.807, 2.05) is 30.3 Å². The highest BCUT2D eigenvalue weighted by atomic mass is 16.3. The summed E-state index contributed by atoms with van der Waals surface area (Å²) in [5.41, 5.74) is 1.98. The van der Waals surface area contributed by atoms with Gasteiger partial charge >= 0.3 is 0 Å². The minimum atomic E-state index is 0.0447. The van der Waals surface area contributed by atoms with Gasteiger partial charge in [0.15, 0.2) is 0 Å². The maximum Gasteiger partial charge on any atom is 0.224 e. The first-order chi connectivity index (χ1) is 9.74. The fourth-order valence-electron chi connectivity index (χ4n) is 2.39. The molecule has 0 aliphatic heterocycles. The fraction of sp³-hybridized carbons (Fsp3) is 0.250. The van der Waals surface area contributed by atoms with E-state index in [9.17, 15) is 9.90 Å². The molecule has 1 fully saturated rings. The van der Waals surface area contributed by atoms with Gasteiger partial charge in [-0.05, 0) is 42.2 Å². The third-order valence-electron chi connectivity index (χ3n) is 3.62. The van der Waals surface area contributed by atoms with Crippen molar-refractivity contribution < 1.29 is 9.90 Å². The van der Waals surface area contributed by atoms with Gasteiger partial charge in [-0.25, -0.2) is 0 Å². The van der Waals surface area contributed by atoms with Crippen LogP contribution in [0.25, 0.3) is 0 Å². The first-order valence-corrected chi connectivity index (χ1v) is 6.70. The van der Waals surface area contributed by atoms with Crippen LogP contribution in [0.1, 0.15) is 23.6 Å². The lowest BCUT2D eigenvalue weighted by Crippen LogP contribution is -2.25. The molecule has 2 N–H and O–H groups in total. The number of amides is 1. The number of hydrogen-bond donors (Lipinski definition) is 2. The highest BCUT2D eigenvalue weighted by Crippen LogP contribution is 2.47. The summed E-state index contributed by atoms with van der Waals surface area (Å²) in [7, 11) is 0. The van der Waals surface area contributed by atoms with Crippen molar-refractivity contribution >= 4 is 5.91 Å². The number of rotatable bonds is 4. The normalized spacial score (nSPS) is 20.4. The van der Waals surface area contributed by atoms with Gasteiger partial charge in [0.25, 0.3) is 0 Å². The Hall–Kier alpha value is -2.36. The van der Waals surface area contributed by atoms with Crippen LogP contribution in [0.4, 0.5) is 0 Å². The van der Waals surface area contributed by atoms with Crippen molar-refractivity contribution in [1.82, 2.24) is 10.3 Å². The number of hydrogen-bond acceptors (Lipinski definition) is 3. The largest absolute Gasteiger partial charge is 0.508 e. The molecule has 3 rings (SSSR count). The standard InChI is InChI=1S/C16H16N2O2/c19-13-6-4-11(5-7-13)14-9-15(14)16(20)18-10-12-3-1-2-8-17-12/h1-8,14-15,19H,9-10H2,(H,18,20). The Labute approximate surface area is 117 Å². The van der Waals surface area contributed by atoms with Gasteiger partial charge in [0.05, 0.1) is 12.2 Å². The molecule has 1 aliphatic rings. The number of carbonyl (C=O) groups is 1. The molecule has 0 spiro atoms. The third-order valence-corrected chi connectivity index (χ3v) is 3.62. The Bertz CT molecular complexity index is 596. The maximum atomic E-state index is 12.0. The van der Waals surface area contributed by atoms with E-state index in [-0.39, 0.29) is 23.5 Å². The molecule has 1 heterocycles. The topological polar surface area (TPSA) is 62.2 Å². The summed E-state index contributed by atoms with van der Waals surface area (Å²) in [6, 6.07) is 12.7. The van der Waals surface area contributed by atoms with Crippen LogP contribution in [-0.4, -0.2) is 16.0 Å². The lowest BCUT2D eigenvalue weighted by atomic mass is 10.1. The number of nitrogens with one attached hydrogen (secondary N) is 1. The Morgan fingerprint density at radius 2 is 2.05 bits per heavy atom. The SMILES string of the molecule is O=C(NCc1ccccn1)C1CC1c1ccc(O)cc1. The second-order valence-electron chi connectivity index (χ2n) is 5.08. The minimum absolute atomic E-state index is 0.0447. The number of phenols is 1. The Morgan fingerprint density at radius 3 is 2.75 bits per heavy atom. The Balaban J connectivity index is 1.54. The van der Waals surface area contributed by atoms with Gasteiger partial charge < -0.3 is 10.4 Å². The zero-order chi connectivity index (χ0) is 13.9. The van der Waals surface area contributed by atoms with Crippen LogP contribution in [0.3, 0.4) is 0 Å². The summed E-state index contributed by atoms with van der Waals surface area (Å²) >= 11 is 0. The van der Waals surface area contributed by atoms with Gasteiger partial charge in [-0.1, -0.05) is 18.2 Å². The quantitative estimate of drug-likeness (QED) is 0.893. The van der Waals surface area contributed by atoms with E-state index in [1.54, 1.807) is 18.3 Å². The first-order valence-electron chi connectivity index (χ1n) is 6.70. The monoisotopic (exact) mass is 268 g/mol. The Morgan fingerprint density at radius 1 is 1.25 bits per heavy atom. The number of carbonyl (C=O) groups excluding carboxylic acids is 1. The molecule has 1 aromatic heterocycles. The molecule has 1 saturated carbocycles. The molecule has 4 nitrogen and oxygen atoms in total. The van der Waals surface area contributed by atoms with Crippen molar-refractivity contribution in [2.75, 3.05) is 0 Å². The Kier molecular flexibility index (Phi) is 3.37. The van der Waals surface area contributed by atoms with E-state index in [2.05, 4.69) is 10.3 Å². The van der Waals surface area contributed by atoms with Gasteiger partial charge in [-0.2, -0.15) is 0 Å². The number of pyridine rings is 1. The lowest BCUT2D eigenvalue weighted by molar-refractivity contribution is -0.122. The van der Waals surface area contributed by atoms with E-state index in [4.69, 9.17) is 0 Å². The molecule has 4 heteroatoms. The zero-order valence-corrected chi connectivity index (χ0v) is 11.0. The van der Waals surface area contributed by atoms with Crippen molar-refractivity contribution in [3.05, 3.63) is 59.9 Å². The predicted molar refractivity (Wildman–Crippen MR) is 75.0 cm³/mol. The average molecular weight is 268 g/mol. The summed E-state index contributed by atoms with van der Waals surface area (Å²) < 4.78 is 0. The van der Waals surface area contributed by atoms with Crippen LogP contribution in [0.5, 0.6) is 5.75 Å². The van der Waals surface area contributed by atoms with Crippen LogP contribution in [0, 0.1) is 5.92 Å². The predicted octanol–water partition coefficient (Wildman–Crippen LogP) is 2.21. The smallest absolute Gasteiger partial charge is 0.224 e. The second-order valence-corrected chi connectivity index (χ2v) is 5.08. The molecular formula is C16H16N2O2. The molecular weight excluding hydrogens is 252 g/mol. The van der Waals surface area contributed by atoms with Crippen molar-refractivity contribution in [3.8, 4) is 5.75 Å². The number of aromatic nitrogens is 1.